The molecule has 24 heavy (non-hydrogen) atoms. The van der Waals surface area contributed by atoms with Crippen molar-refractivity contribution in [1.82, 2.24) is 10.3 Å². The van der Waals surface area contributed by atoms with Crippen LogP contribution < -0.4 is 10.2 Å². The summed E-state index contributed by atoms with van der Waals surface area (Å²) >= 11 is 0. The van der Waals surface area contributed by atoms with Crippen LogP contribution in [0.4, 0.5) is 5.88 Å². The van der Waals surface area contributed by atoms with Gasteiger partial charge >= 0.3 is 0 Å². The second-order valence-electron chi connectivity index (χ2n) is 5.90. The third-order valence-electron chi connectivity index (χ3n) is 4.36. The average Bonchev–Trinajstić information content (AvgIpc) is 2.87. The van der Waals surface area contributed by atoms with Gasteiger partial charge < -0.3 is 14.6 Å². The van der Waals surface area contributed by atoms with Gasteiger partial charge in [0, 0.05) is 25.2 Å². The van der Waals surface area contributed by atoms with Crippen molar-refractivity contribution < 1.29 is 4.42 Å². The minimum absolute atomic E-state index is 0.361. The van der Waals surface area contributed by atoms with E-state index in [4.69, 9.17) is 4.42 Å². The molecule has 0 atom stereocenters. The highest BCUT2D eigenvalue weighted by molar-refractivity contribution is 5.94. The number of hydrogen-bond donors (Lipinski definition) is 1. The standard InChI is InChI=1S/C19H18N4O/c20-13-17-19(23-11-4-9-21-10-12-23)24-18(22-17)16-8-3-6-14-5-1-2-7-15(14)16/h1-3,5-8,21H,4,9-12H2. The molecule has 0 aliphatic carbocycles. The van der Waals surface area contributed by atoms with Crippen molar-refractivity contribution in [2.24, 2.45) is 0 Å². The number of rotatable bonds is 2. The van der Waals surface area contributed by atoms with E-state index < -0.39 is 0 Å². The Balaban J connectivity index is 1.80. The number of nitrogens with zero attached hydrogens (tertiary/aromatic N) is 3. The number of nitriles is 1. The number of anilines is 1. The van der Waals surface area contributed by atoms with Gasteiger partial charge in [0.25, 0.3) is 0 Å². The molecule has 1 aromatic heterocycles. The number of aromatic nitrogens is 1. The van der Waals surface area contributed by atoms with Crippen LogP contribution in [-0.4, -0.2) is 31.2 Å². The van der Waals surface area contributed by atoms with Gasteiger partial charge in [-0.2, -0.15) is 10.2 Å². The molecule has 5 nitrogen and oxygen atoms in total. The van der Waals surface area contributed by atoms with E-state index in [1.165, 1.54) is 0 Å². The summed E-state index contributed by atoms with van der Waals surface area (Å²) < 4.78 is 6.06. The Morgan fingerprint density at radius 2 is 1.96 bits per heavy atom. The zero-order chi connectivity index (χ0) is 16.4. The van der Waals surface area contributed by atoms with Crippen LogP contribution in [0.1, 0.15) is 12.1 Å². The molecule has 1 aliphatic rings. The maximum absolute atomic E-state index is 9.48. The fraction of sp³-hybridized carbons (Fsp3) is 0.263. The van der Waals surface area contributed by atoms with Crippen LogP contribution in [-0.2, 0) is 0 Å². The third kappa shape index (κ3) is 2.61. The molecule has 5 heteroatoms. The van der Waals surface area contributed by atoms with E-state index in [9.17, 15) is 5.26 Å². The van der Waals surface area contributed by atoms with Crippen LogP contribution in [0.5, 0.6) is 0 Å². The number of hydrogen-bond acceptors (Lipinski definition) is 5. The van der Waals surface area contributed by atoms with E-state index in [-0.39, 0.29) is 0 Å². The van der Waals surface area contributed by atoms with Gasteiger partial charge in [0.2, 0.25) is 17.5 Å². The largest absolute Gasteiger partial charge is 0.419 e. The summed E-state index contributed by atoms with van der Waals surface area (Å²) in [5, 5.41) is 15.0. The summed E-state index contributed by atoms with van der Waals surface area (Å²) in [6.45, 7) is 3.56. The summed E-state index contributed by atoms with van der Waals surface area (Å²) in [6, 6.07) is 16.4. The topological polar surface area (TPSA) is 65.1 Å². The first kappa shape index (κ1) is 14.7. The Morgan fingerprint density at radius 3 is 2.88 bits per heavy atom. The lowest BCUT2D eigenvalue weighted by molar-refractivity contribution is 0.553. The molecule has 0 bridgehead atoms. The van der Waals surface area contributed by atoms with E-state index in [1.54, 1.807) is 0 Å². The summed E-state index contributed by atoms with van der Waals surface area (Å²) in [4.78, 5) is 6.58. The van der Waals surface area contributed by atoms with Gasteiger partial charge in [-0.05, 0) is 29.8 Å². The van der Waals surface area contributed by atoms with Gasteiger partial charge in [0.15, 0.2) is 0 Å². The minimum Gasteiger partial charge on any atom is -0.419 e. The molecular weight excluding hydrogens is 300 g/mol. The number of benzene rings is 2. The average molecular weight is 318 g/mol. The number of nitrogens with one attached hydrogen (secondary N) is 1. The molecule has 2 aromatic carbocycles. The van der Waals surface area contributed by atoms with Crippen molar-refractivity contribution >= 4 is 16.7 Å². The lowest BCUT2D eigenvalue weighted by Gasteiger charge is -2.18. The first-order chi connectivity index (χ1) is 11.9. The molecule has 1 fully saturated rings. The van der Waals surface area contributed by atoms with Crippen LogP contribution >= 0.6 is 0 Å². The normalized spacial score (nSPS) is 15.2. The smallest absolute Gasteiger partial charge is 0.235 e. The molecule has 1 aliphatic heterocycles. The third-order valence-corrected chi connectivity index (χ3v) is 4.36. The summed E-state index contributed by atoms with van der Waals surface area (Å²) in [6.07, 6.45) is 1.02. The Morgan fingerprint density at radius 1 is 1.08 bits per heavy atom. The van der Waals surface area contributed by atoms with Crippen LogP contribution in [0, 0.1) is 11.3 Å². The van der Waals surface area contributed by atoms with E-state index in [1.807, 2.05) is 24.3 Å². The Kier molecular flexibility index (Phi) is 3.89. The van der Waals surface area contributed by atoms with Gasteiger partial charge in [0.1, 0.15) is 6.07 Å². The second-order valence-corrected chi connectivity index (χ2v) is 5.90. The zero-order valence-electron chi connectivity index (χ0n) is 13.3. The maximum Gasteiger partial charge on any atom is 0.235 e. The van der Waals surface area contributed by atoms with Crippen LogP contribution in [0.3, 0.4) is 0 Å². The molecule has 0 saturated carbocycles. The summed E-state index contributed by atoms with van der Waals surface area (Å²) in [7, 11) is 0. The first-order valence-electron chi connectivity index (χ1n) is 8.21. The van der Waals surface area contributed by atoms with E-state index in [0.717, 1.165) is 48.9 Å². The molecule has 0 radical (unpaired) electrons. The van der Waals surface area contributed by atoms with Crippen molar-refractivity contribution in [3.05, 3.63) is 48.2 Å². The highest BCUT2D eigenvalue weighted by Crippen LogP contribution is 2.32. The van der Waals surface area contributed by atoms with Crippen molar-refractivity contribution in [2.45, 2.75) is 6.42 Å². The Bertz CT molecular complexity index is 896. The minimum atomic E-state index is 0.361. The fourth-order valence-corrected chi connectivity index (χ4v) is 3.18. The molecule has 4 rings (SSSR count). The Hall–Kier alpha value is -2.84. The van der Waals surface area contributed by atoms with Crippen molar-refractivity contribution in [3.63, 3.8) is 0 Å². The molecule has 0 unspecified atom stereocenters. The van der Waals surface area contributed by atoms with Crippen LogP contribution in [0.25, 0.3) is 22.2 Å². The maximum atomic E-state index is 9.48. The van der Waals surface area contributed by atoms with Gasteiger partial charge in [-0.25, -0.2) is 0 Å². The van der Waals surface area contributed by atoms with E-state index in [2.05, 4.69) is 39.5 Å². The SMILES string of the molecule is N#Cc1nc(-c2cccc3ccccc23)oc1N1CCCNCC1. The van der Waals surface area contributed by atoms with Crippen LogP contribution in [0.15, 0.2) is 46.9 Å². The number of oxazole rings is 1. The molecule has 1 N–H and O–H groups in total. The highest BCUT2D eigenvalue weighted by atomic mass is 16.4. The summed E-state index contributed by atoms with van der Waals surface area (Å²) in [5.41, 5.74) is 1.28. The van der Waals surface area contributed by atoms with Gasteiger partial charge in [0.05, 0.1) is 0 Å². The molecule has 0 amide bonds. The number of fused-ring (bicyclic) bond motifs is 1. The highest BCUT2D eigenvalue weighted by Gasteiger charge is 2.22. The predicted molar refractivity (Wildman–Crippen MR) is 93.9 cm³/mol. The van der Waals surface area contributed by atoms with Gasteiger partial charge in [-0.3, -0.25) is 0 Å². The predicted octanol–water partition coefficient (Wildman–Crippen LogP) is 3.17. The molecule has 120 valence electrons. The molecular formula is C19H18N4O. The quantitative estimate of drug-likeness (QED) is 0.786. The van der Waals surface area contributed by atoms with Crippen molar-refractivity contribution in [3.8, 4) is 17.5 Å². The lowest BCUT2D eigenvalue weighted by Crippen LogP contribution is -2.28. The lowest BCUT2D eigenvalue weighted by atomic mass is 10.0. The summed E-state index contributed by atoms with van der Waals surface area (Å²) in [5.74, 6) is 1.10. The van der Waals surface area contributed by atoms with Gasteiger partial charge in [-0.1, -0.05) is 36.4 Å². The fourth-order valence-electron chi connectivity index (χ4n) is 3.18. The van der Waals surface area contributed by atoms with Gasteiger partial charge in [-0.15, -0.1) is 0 Å². The second kappa shape index (κ2) is 6.34. The molecule has 1 saturated heterocycles. The molecule has 2 heterocycles. The monoisotopic (exact) mass is 318 g/mol. The molecule has 3 aromatic rings. The van der Waals surface area contributed by atoms with Crippen LogP contribution in [0.2, 0.25) is 0 Å². The van der Waals surface area contributed by atoms with Crippen molar-refractivity contribution in [2.75, 3.05) is 31.1 Å². The van der Waals surface area contributed by atoms with Crippen molar-refractivity contribution in [1.29, 1.82) is 5.26 Å². The first-order valence-corrected chi connectivity index (χ1v) is 8.21. The Labute approximate surface area is 140 Å². The van der Waals surface area contributed by atoms with E-state index in [0.29, 0.717) is 17.5 Å². The molecule has 0 spiro atoms. The zero-order valence-corrected chi connectivity index (χ0v) is 13.3. The van der Waals surface area contributed by atoms with E-state index >= 15 is 0 Å².